The summed E-state index contributed by atoms with van der Waals surface area (Å²) in [6, 6.07) is 0. The molecule has 0 aromatic carbocycles. The van der Waals surface area contributed by atoms with Crippen LogP contribution in [0.25, 0.3) is 0 Å². The molecule has 0 N–H and O–H groups in total. The molecule has 2 heteroatoms. The van der Waals surface area contributed by atoms with Gasteiger partial charge in [0.05, 0.1) is 0 Å². The molecule has 8 heavy (non-hydrogen) atoms. The van der Waals surface area contributed by atoms with E-state index in [1.165, 1.54) is 0 Å². The molecular weight excluding hydrogens is 292 g/mol. The van der Waals surface area contributed by atoms with Crippen molar-refractivity contribution < 1.29 is 2.69 Å². The summed E-state index contributed by atoms with van der Waals surface area (Å²) >= 11 is 0.606. The fraction of sp³-hybridized carbons (Fsp3) is 0. The molecule has 1 nitrogen and oxygen atoms in total. The van der Waals surface area contributed by atoms with Crippen LogP contribution in [0.3, 0.4) is 0 Å². The van der Waals surface area contributed by atoms with E-state index in [2.05, 4.69) is 0 Å². The summed E-state index contributed by atoms with van der Waals surface area (Å²) in [4.78, 5) is 0. The second-order valence-corrected chi connectivity index (χ2v) is 2.53. The van der Waals surface area contributed by atoms with Crippen molar-refractivity contribution >= 4 is 26.2 Å². The summed E-state index contributed by atoms with van der Waals surface area (Å²) in [6.45, 7) is 0. The summed E-state index contributed by atoms with van der Waals surface area (Å²) in [7, 11) is 0. The van der Waals surface area contributed by atoms with Crippen molar-refractivity contribution in [1.82, 2.24) is 0 Å². The van der Waals surface area contributed by atoms with Crippen molar-refractivity contribution in [1.29, 1.82) is 0 Å². The van der Waals surface area contributed by atoms with Gasteiger partial charge in [-0.15, -0.1) is 0 Å². The predicted molar refractivity (Wildman–Crippen MR) is 33.2 cm³/mol. The Kier molecular flexibility index (Phi) is 2.33. The van der Waals surface area contributed by atoms with Crippen LogP contribution in [0.4, 0.5) is 0 Å². The molecule has 0 fully saturated rings. The van der Waals surface area contributed by atoms with Crippen LogP contribution in [0.15, 0.2) is 36.1 Å². The first kappa shape index (κ1) is 6.07. The van der Waals surface area contributed by atoms with E-state index in [1.807, 2.05) is 24.3 Å². The normalized spacial score (nSPS) is 14.6. The molecule has 1 aliphatic carbocycles. The molecule has 1 rings (SSSR count). The van der Waals surface area contributed by atoms with Gasteiger partial charge in [0, 0.05) is 0 Å². The summed E-state index contributed by atoms with van der Waals surface area (Å²) in [5.41, 5.74) is 1.16. The monoisotopic (exact) mass is 298 g/mol. The first-order chi connectivity index (χ1) is 3.93. The molecule has 0 spiro atoms. The van der Waals surface area contributed by atoms with Gasteiger partial charge in [0.1, 0.15) is 0 Å². The zero-order chi connectivity index (χ0) is 5.82. The standard InChI is InChI=1S/C6H6O.Tl/c7-5-6-3-1-2-4-6;/h1-5,7H;/q;+1/p-1. The van der Waals surface area contributed by atoms with E-state index in [4.69, 9.17) is 2.69 Å². The number of hydrogen-bond acceptors (Lipinski definition) is 1. The van der Waals surface area contributed by atoms with E-state index in [-0.39, 0.29) is 0 Å². The van der Waals surface area contributed by atoms with Crippen LogP contribution in [0, 0.1) is 0 Å². The van der Waals surface area contributed by atoms with Crippen LogP contribution >= 0.6 is 0 Å². The van der Waals surface area contributed by atoms with Crippen molar-refractivity contribution in [2.75, 3.05) is 0 Å². The van der Waals surface area contributed by atoms with Crippen LogP contribution in [-0.2, 0) is 2.69 Å². The van der Waals surface area contributed by atoms with Gasteiger partial charge >= 0.3 is 65.0 Å². The van der Waals surface area contributed by atoms with Crippen LogP contribution in [-0.4, -0.2) is 26.2 Å². The molecule has 0 saturated carbocycles. The maximum absolute atomic E-state index is 4.93. The predicted octanol–water partition coefficient (Wildman–Crippen LogP) is 1.10. The van der Waals surface area contributed by atoms with Crippen LogP contribution in [0.2, 0.25) is 0 Å². The topological polar surface area (TPSA) is 9.23 Å². The van der Waals surface area contributed by atoms with Gasteiger partial charge in [-0.3, -0.25) is 0 Å². The average molecular weight is 297 g/mol. The van der Waals surface area contributed by atoms with Gasteiger partial charge in [-0.25, -0.2) is 0 Å². The first-order valence-corrected chi connectivity index (χ1v) is 4.17. The minimum atomic E-state index is 0.606. The van der Waals surface area contributed by atoms with Crippen molar-refractivity contribution in [3.63, 3.8) is 0 Å². The molecule has 0 amide bonds. The third kappa shape index (κ3) is 1.47. The third-order valence-corrected chi connectivity index (χ3v) is 1.42. The number of allylic oxidation sites excluding steroid dienone is 5. The van der Waals surface area contributed by atoms with Gasteiger partial charge in [0.2, 0.25) is 0 Å². The van der Waals surface area contributed by atoms with Gasteiger partial charge < -0.3 is 0 Å². The third-order valence-electron chi connectivity index (χ3n) is 0.893. The molecule has 0 aliphatic heterocycles. The van der Waals surface area contributed by atoms with E-state index < -0.39 is 0 Å². The Morgan fingerprint density at radius 2 is 2.00 bits per heavy atom. The molecular formula is C6H5OTl. The fourth-order valence-corrected chi connectivity index (χ4v) is 1.16. The van der Waals surface area contributed by atoms with E-state index in [1.54, 1.807) is 6.26 Å². The zero-order valence-corrected chi connectivity index (χ0v) is 8.86. The van der Waals surface area contributed by atoms with Crippen LogP contribution < -0.4 is 0 Å². The van der Waals surface area contributed by atoms with Gasteiger partial charge in [-0.05, 0) is 0 Å². The molecule has 0 heterocycles. The Morgan fingerprint density at radius 3 is 2.50 bits per heavy atom. The van der Waals surface area contributed by atoms with Crippen molar-refractivity contribution in [3.05, 3.63) is 36.1 Å². The van der Waals surface area contributed by atoms with Crippen molar-refractivity contribution in [2.45, 2.75) is 0 Å². The second kappa shape index (κ2) is 3.07. The molecule has 0 saturated heterocycles. The molecule has 1 aliphatic rings. The molecule has 0 unspecified atom stereocenters. The Balaban J connectivity index is 2.60. The maximum atomic E-state index is 4.93. The van der Waals surface area contributed by atoms with Crippen LogP contribution in [0.5, 0.6) is 0 Å². The fourth-order valence-electron chi connectivity index (χ4n) is 0.546. The zero-order valence-electron chi connectivity index (χ0n) is 4.37. The molecule has 0 bridgehead atoms. The van der Waals surface area contributed by atoms with Gasteiger partial charge in [-0.1, -0.05) is 0 Å². The SMILES string of the molecule is [Tl][O]C=C1C=CC=C1. The average Bonchev–Trinajstić information content (AvgIpc) is 2.19. The van der Waals surface area contributed by atoms with Gasteiger partial charge in [0.25, 0.3) is 0 Å². The number of hydrogen-bond donors (Lipinski definition) is 0. The number of rotatable bonds is 1. The van der Waals surface area contributed by atoms with E-state index >= 15 is 0 Å². The Bertz CT molecular complexity index is 142. The summed E-state index contributed by atoms with van der Waals surface area (Å²) in [5, 5.41) is 0. The minimum absolute atomic E-state index is 0.606. The van der Waals surface area contributed by atoms with E-state index in [9.17, 15) is 0 Å². The van der Waals surface area contributed by atoms with E-state index in [0.717, 1.165) is 5.57 Å². The molecule has 38 valence electrons. The Morgan fingerprint density at radius 1 is 1.38 bits per heavy atom. The van der Waals surface area contributed by atoms with Gasteiger partial charge in [0.15, 0.2) is 0 Å². The molecule has 0 atom stereocenters. The summed E-state index contributed by atoms with van der Waals surface area (Å²) in [6.07, 6.45) is 9.81. The Hall–Kier alpha value is -0.0579. The second-order valence-electron chi connectivity index (χ2n) is 1.47. The molecule has 0 radical (unpaired) electrons. The Labute approximate surface area is 65.1 Å². The van der Waals surface area contributed by atoms with E-state index in [0.29, 0.717) is 26.2 Å². The summed E-state index contributed by atoms with van der Waals surface area (Å²) in [5.74, 6) is 0. The molecule has 0 aromatic rings. The molecule has 0 aromatic heterocycles. The quantitative estimate of drug-likeness (QED) is 0.520. The van der Waals surface area contributed by atoms with Crippen LogP contribution in [0.1, 0.15) is 0 Å². The van der Waals surface area contributed by atoms with Crippen molar-refractivity contribution in [2.24, 2.45) is 0 Å². The van der Waals surface area contributed by atoms with Crippen molar-refractivity contribution in [3.8, 4) is 0 Å². The first-order valence-electron chi connectivity index (χ1n) is 2.34. The van der Waals surface area contributed by atoms with Gasteiger partial charge in [-0.2, -0.15) is 0 Å². The summed E-state index contributed by atoms with van der Waals surface area (Å²) < 4.78 is 4.93.